The summed E-state index contributed by atoms with van der Waals surface area (Å²) in [4.78, 5) is 41.3. The van der Waals surface area contributed by atoms with Crippen molar-refractivity contribution in [3.8, 4) is 11.5 Å². The molecule has 5 aromatic carbocycles. The predicted octanol–water partition coefficient (Wildman–Crippen LogP) is 5.78. The number of fused-ring (bicyclic) bond motifs is 3. The van der Waals surface area contributed by atoms with Gasteiger partial charge in [0.05, 0.1) is 42.2 Å². The number of rotatable bonds is 10. The van der Waals surface area contributed by atoms with Gasteiger partial charge in [-0.25, -0.2) is 13.3 Å². The minimum Gasteiger partial charge on any atom is -0.492 e. The molecule has 1 heterocycles. The minimum absolute atomic E-state index is 0.0955. The van der Waals surface area contributed by atoms with E-state index >= 15 is 0 Å². The zero-order valence-corrected chi connectivity index (χ0v) is 25.5. The van der Waals surface area contributed by atoms with Crippen LogP contribution >= 0.6 is 0 Å². The maximum Gasteiger partial charge on any atom is 0.270 e. The Morgan fingerprint density at radius 3 is 1.82 bits per heavy atom. The summed E-state index contributed by atoms with van der Waals surface area (Å²) < 4.78 is 39.7. The standard InChI is InChI=1S/C35H30N2O7S/c1-3-43-32-27-14-7-8-15-28(27)33(44-4-2)31-30(32)34(39)37(35(31)40)25-18-16-22(17-19-25)21-45(41,42)36-29(38)20-24-12-9-11-23-10-5-6-13-26(23)24/h5-19H,3-4,20-21H2,1-2H3,(H,36,38). The summed E-state index contributed by atoms with van der Waals surface area (Å²) in [5, 5.41) is 3.16. The fourth-order valence-corrected chi connectivity index (χ4v) is 6.87. The van der Waals surface area contributed by atoms with Gasteiger partial charge in [-0.15, -0.1) is 0 Å². The number of hydrogen-bond acceptors (Lipinski definition) is 7. The Morgan fingerprint density at radius 2 is 1.24 bits per heavy atom. The molecule has 0 radical (unpaired) electrons. The van der Waals surface area contributed by atoms with Crippen LogP contribution in [0.25, 0.3) is 21.5 Å². The maximum absolute atomic E-state index is 13.8. The van der Waals surface area contributed by atoms with E-state index in [1.165, 1.54) is 24.3 Å². The molecule has 0 saturated heterocycles. The van der Waals surface area contributed by atoms with E-state index in [-0.39, 0.29) is 36.4 Å². The highest BCUT2D eigenvalue weighted by atomic mass is 32.2. The minimum atomic E-state index is -4.03. The van der Waals surface area contributed by atoms with E-state index < -0.39 is 33.5 Å². The fourth-order valence-electron chi connectivity index (χ4n) is 5.75. The van der Waals surface area contributed by atoms with Crippen LogP contribution in [0.5, 0.6) is 11.5 Å². The van der Waals surface area contributed by atoms with E-state index in [2.05, 4.69) is 4.72 Å². The van der Waals surface area contributed by atoms with Gasteiger partial charge in [0.25, 0.3) is 11.8 Å². The SMILES string of the molecule is CCOc1c2c(c(OCC)c3ccccc13)C(=O)N(c1ccc(CS(=O)(=O)NC(=O)Cc3cccc4ccccc34)cc1)C2=O. The van der Waals surface area contributed by atoms with Gasteiger partial charge in [0, 0.05) is 10.8 Å². The second kappa shape index (κ2) is 12.0. The molecule has 45 heavy (non-hydrogen) atoms. The molecule has 0 bridgehead atoms. The zero-order valence-electron chi connectivity index (χ0n) is 24.7. The number of imide groups is 1. The molecule has 9 nitrogen and oxygen atoms in total. The molecule has 0 aliphatic carbocycles. The third kappa shape index (κ3) is 5.60. The van der Waals surface area contributed by atoms with Crippen LogP contribution in [0.1, 0.15) is 45.7 Å². The van der Waals surface area contributed by atoms with Gasteiger partial charge in [0.15, 0.2) is 0 Å². The first-order chi connectivity index (χ1) is 21.7. The Bertz CT molecular complexity index is 2020. The van der Waals surface area contributed by atoms with Crippen LogP contribution in [0.2, 0.25) is 0 Å². The molecule has 228 valence electrons. The molecule has 0 atom stereocenters. The summed E-state index contributed by atoms with van der Waals surface area (Å²) in [7, 11) is -4.03. The van der Waals surface area contributed by atoms with Crippen LogP contribution in [0.15, 0.2) is 91.0 Å². The third-order valence-corrected chi connectivity index (χ3v) is 8.84. The first kappa shape index (κ1) is 29.8. The molecule has 3 amide bonds. The summed E-state index contributed by atoms with van der Waals surface area (Å²) in [6, 6.07) is 26.4. The third-order valence-electron chi connectivity index (χ3n) is 7.58. The highest BCUT2D eigenvalue weighted by molar-refractivity contribution is 7.89. The number of nitrogens with one attached hydrogen (secondary N) is 1. The van der Waals surface area contributed by atoms with Gasteiger partial charge in [-0.1, -0.05) is 78.9 Å². The molecular formula is C35H30N2O7S. The second-order valence-corrected chi connectivity index (χ2v) is 12.3. The lowest BCUT2D eigenvalue weighted by Crippen LogP contribution is -2.33. The Balaban J connectivity index is 1.23. The van der Waals surface area contributed by atoms with Crippen molar-refractivity contribution in [2.45, 2.75) is 26.0 Å². The molecule has 0 aromatic heterocycles. The van der Waals surface area contributed by atoms with Gasteiger partial charge in [-0.3, -0.25) is 19.1 Å². The van der Waals surface area contributed by atoms with E-state index in [0.29, 0.717) is 27.8 Å². The van der Waals surface area contributed by atoms with E-state index in [0.717, 1.165) is 21.2 Å². The first-order valence-electron chi connectivity index (χ1n) is 14.5. The summed E-state index contributed by atoms with van der Waals surface area (Å²) in [6.45, 7) is 4.17. The Labute approximate surface area is 260 Å². The number of anilines is 1. The maximum atomic E-state index is 13.8. The molecule has 0 unspecified atom stereocenters. The molecule has 10 heteroatoms. The van der Waals surface area contributed by atoms with Gasteiger partial charge >= 0.3 is 0 Å². The van der Waals surface area contributed by atoms with Gasteiger partial charge in [-0.2, -0.15) is 0 Å². The number of hydrogen-bond donors (Lipinski definition) is 1. The van der Waals surface area contributed by atoms with Crippen LogP contribution in [-0.4, -0.2) is 39.4 Å². The average Bonchev–Trinajstić information content (AvgIpc) is 3.28. The van der Waals surface area contributed by atoms with Crippen molar-refractivity contribution in [1.29, 1.82) is 0 Å². The number of carbonyl (C=O) groups is 3. The number of benzene rings is 5. The number of sulfonamides is 1. The molecule has 0 spiro atoms. The number of carbonyl (C=O) groups excluding carboxylic acids is 3. The largest absolute Gasteiger partial charge is 0.492 e. The van der Waals surface area contributed by atoms with Crippen LogP contribution < -0.4 is 19.1 Å². The summed E-state index contributed by atoms with van der Waals surface area (Å²) in [6.07, 6.45) is -0.0955. The average molecular weight is 623 g/mol. The van der Waals surface area contributed by atoms with Gasteiger partial charge in [-0.05, 0) is 47.9 Å². The Kier molecular flexibility index (Phi) is 7.99. The van der Waals surface area contributed by atoms with E-state index in [1.54, 1.807) is 19.9 Å². The van der Waals surface area contributed by atoms with Crippen molar-refractivity contribution < 1.29 is 32.3 Å². The number of nitrogens with zero attached hydrogens (tertiary/aromatic N) is 1. The Hall–Kier alpha value is -5.22. The van der Waals surface area contributed by atoms with Gasteiger partial charge in [0.1, 0.15) is 11.5 Å². The highest BCUT2D eigenvalue weighted by Crippen LogP contribution is 2.46. The quantitative estimate of drug-likeness (QED) is 0.196. The number of ether oxygens (including phenoxy) is 2. The monoisotopic (exact) mass is 622 g/mol. The summed E-state index contributed by atoms with van der Waals surface area (Å²) in [5.74, 6) is -1.61. The highest BCUT2D eigenvalue weighted by Gasteiger charge is 2.43. The lowest BCUT2D eigenvalue weighted by molar-refractivity contribution is -0.118. The molecular weight excluding hydrogens is 592 g/mol. The molecule has 1 aliphatic rings. The van der Waals surface area contributed by atoms with E-state index in [1.807, 2.05) is 60.7 Å². The van der Waals surface area contributed by atoms with Crippen molar-refractivity contribution in [2.24, 2.45) is 0 Å². The molecule has 0 fully saturated rings. The smallest absolute Gasteiger partial charge is 0.270 e. The first-order valence-corrected chi connectivity index (χ1v) is 16.2. The van der Waals surface area contributed by atoms with Crippen molar-refractivity contribution >= 4 is 55.0 Å². The fraction of sp³-hybridized carbons (Fsp3) is 0.171. The van der Waals surface area contributed by atoms with Crippen molar-refractivity contribution in [3.05, 3.63) is 113 Å². The van der Waals surface area contributed by atoms with Crippen molar-refractivity contribution in [3.63, 3.8) is 0 Å². The van der Waals surface area contributed by atoms with E-state index in [4.69, 9.17) is 9.47 Å². The lowest BCUT2D eigenvalue weighted by atomic mass is 9.99. The molecule has 0 saturated carbocycles. The van der Waals surface area contributed by atoms with Crippen LogP contribution in [0, 0.1) is 0 Å². The second-order valence-electron chi connectivity index (χ2n) is 10.5. The van der Waals surface area contributed by atoms with Crippen LogP contribution in [0.4, 0.5) is 5.69 Å². The summed E-state index contributed by atoms with van der Waals surface area (Å²) >= 11 is 0. The van der Waals surface area contributed by atoms with Crippen LogP contribution in [-0.2, 0) is 27.0 Å². The number of amides is 3. The van der Waals surface area contributed by atoms with Gasteiger partial charge < -0.3 is 9.47 Å². The lowest BCUT2D eigenvalue weighted by Gasteiger charge is -2.15. The zero-order chi connectivity index (χ0) is 31.7. The Morgan fingerprint density at radius 1 is 0.711 bits per heavy atom. The molecule has 6 rings (SSSR count). The predicted molar refractivity (Wildman–Crippen MR) is 172 cm³/mol. The topological polar surface area (TPSA) is 119 Å². The normalized spacial score (nSPS) is 12.9. The van der Waals surface area contributed by atoms with Crippen molar-refractivity contribution in [1.82, 2.24) is 4.72 Å². The molecule has 1 aliphatic heterocycles. The van der Waals surface area contributed by atoms with E-state index in [9.17, 15) is 22.8 Å². The molecule has 1 N–H and O–H groups in total. The van der Waals surface area contributed by atoms with Crippen LogP contribution in [0.3, 0.4) is 0 Å². The molecule has 5 aromatic rings. The summed E-state index contributed by atoms with van der Waals surface area (Å²) in [5.41, 5.74) is 1.61. The van der Waals surface area contributed by atoms with Crippen molar-refractivity contribution in [2.75, 3.05) is 18.1 Å². The van der Waals surface area contributed by atoms with Gasteiger partial charge in [0.2, 0.25) is 15.9 Å².